The lowest BCUT2D eigenvalue weighted by Crippen LogP contribution is -2.21. The van der Waals surface area contributed by atoms with Crippen molar-refractivity contribution >= 4 is 34.7 Å². The van der Waals surface area contributed by atoms with Crippen molar-refractivity contribution in [3.63, 3.8) is 0 Å². The van der Waals surface area contributed by atoms with E-state index in [2.05, 4.69) is 20.4 Å². The molecule has 82 valence electrons. The van der Waals surface area contributed by atoms with Crippen molar-refractivity contribution in [2.24, 2.45) is 21.7 Å². The molecule has 0 aliphatic rings. The molecule has 0 atom stereocenters. The molecule has 1 aromatic heterocycles. The second-order valence-corrected chi connectivity index (χ2v) is 3.46. The molecule has 0 aliphatic heterocycles. The number of H-pyrrole nitrogens is 1. The van der Waals surface area contributed by atoms with Crippen LogP contribution in [0.4, 0.5) is 0 Å². The Balaban J connectivity index is 2.35. The van der Waals surface area contributed by atoms with Crippen LogP contribution in [0.5, 0.6) is 0 Å². The summed E-state index contributed by atoms with van der Waals surface area (Å²) in [5.41, 5.74) is 11.9. The first-order valence-electron chi connectivity index (χ1n) is 4.42. The van der Waals surface area contributed by atoms with Crippen molar-refractivity contribution in [1.29, 1.82) is 0 Å². The lowest BCUT2D eigenvalue weighted by atomic mass is 10.2. The predicted octanol–water partition coefficient (Wildman–Crippen LogP) is 0.824. The highest BCUT2D eigenvalue weighted by Gasteiger charge is 2.02. The summed E-state index contributed by atoms with van der Waals surface area (Å²) in [6.45, 7) is 0. The van der Waals surface area contributed by atoms with Gasteiger partial charge in [-0.1, -0.05) is 17.7 Å². The summed E-state index contributed by atoms with van der Waals surface area (Å²) in [7, 11) is 0. The maximum atomic E-state index is 5.90. The van der Waals surface area contributed by atoms with E-state index >= 15 is 0 Å². The summed E-state index contributed by atoms with van der Waals surface area (Å²) in [6, 6.07) is 5.51. The van der Waals surface area contributed by atoms with Crippen LogP contribution in [0.25, 0.3) is 10.9 Å². The van der Waals surface area contributed by atoms with Gasteiger partial charge < -0.3 is 11.5 Å². The molecule has 6 nitrogen and oxygen atoms in total. The molecule has 7 heteroatoms. The SMILES string of the molecule is NC(N)=NN=Cc1ccc2n[nH]c(Cl)c2c1. The quantitative estimate of drug-likeness (QED) is 0.408. The minimum Gasteiger partial charge on any atom is -0.369 e. The number of aromatic amines is 1. The van der Waals surface area contributed by atoms with Crippen LogP contribution in [-0.2, 0) is 0 Å². The van der Waals surface area contributed by atoms with Crippen LogP contribution in [0.2, 0.25) is 5.15 Å². The Morgan fingerprint density at radius 2 is 2.25 bits per heavy atom. The number of guanidine groups is 1. The fraction of sp³-hybridized carbons (Fsp3) is 0. The molecule has 1 heterocycles. The first-order valence-corrected chi connectivity index (χ1v) is 4.80. The Bertz CT molecular complexity index is 566. The summed E-state index contributed by atoms with van der Waals surface area (Å²) in [6.07, 6.45) is 1.53. The van der Waals surface area contributed by atoms with E-state index in [1.54, 1.807) is 0 Å². The Kier molecular flexibility index (Phi) is 2.74. The van der Waals surface area contributed by atoms with E-state index in [1.807, 2.05) is 18.2 Å². The second-order valence-electron chi connectivity index (χ2n) is 3.08. The molecule has 0 aliphatic carbocycles. The maximum Gasteiger partial charge on any atom is 0.211 e. The number of nitrogens with zero attached hydrogens (tertiary/aromatic N) is 3. The first-order chi connectivity index (χ1) is 7.66. The average Bonchev–Trinajstić information content (AvgIpc) is 2.60. The summed E-state index contributed by atoms with van der Waals surface area (Å²) in [4.78, 5) is 0. The second kappa shape index (κ2) is 4.19. The minimum atomic E-state index is -0.0846. The molecule has 2 aromatic rings. The van der Waals surface area contributed by atoms with Crippen LogP contribution in [0.1, 0.15) is 5.56 Å². The van der Waals surface area contributed by atoms with Crippen LogP contribution >= 0.6 is 11.6 Å². The summed E-state index contributed by atoms with van der Waals surface area (Å²) in [5.74, 6) is -0.0846. The van der Waals surface area contributed by atoms with E-state index in [-0.39, 0.29) is 5.96 Å². The van der Waals surface area contributed by atoms with Crippen LogP contribution in [-0.4, -0.2) is 22.4 Å². The van der Waals surface area contributed by atoms with Gasteiger partial charge in [0.15, 0.2) is 0 Å². The Hall–Kier alpha value is -2.08. The number of nitrogens with one attached hydrogen (secondary N) is 1. The zero-order valence-corrected chi connectivity index (χ0v) is 8.94. The van der Waals surface area contributed by atoms with Gasteiger partial charge in [-0.05, 0) is 17.7 Å². The van der Waals surface area contributed by atoms with Gasteiger partial charge in [0.25, 0.3) is 0 Å². The lowest BCUT2D eigenvalue weighted by Gasteiger charge is -1.92. The molecule has 2 rings (SSSR count). The van der Waals surface area contributed by atoms with Crippen LogP contribution < -0.4 is 11.5 Å². The van der Waals surface area contributed by atoms with Crippen molar-refractivity contribution in [3.8, 4) is 0 Å². The van der Waals surface area contributed by atoms with Crippen molar-refractivity contribution < 1.29 is 0 Å². The van der Waals surface area contributed by atoms with Gasteiger partial charge in [-0.15, -0.1) is 5.10 Å². The van der Waals surface area contributed by atoms with Gasteiger partial charge in [0.1, 0.15) is 5.15 Å². The maximum absolute atomic E-state index is 5.90. The Morgan fingerprint density at radius 3 is 3.00 bits per heavy atom. The number of fused-ring (bicyclic) bond motifs is 1. The number of halogens is 1. The molecule has 0 bridgehead atoms. The third-order valence-electron chi connectivity index (χ3n) is 1.91. The van der Waals surface area contributed by atoms with Gasteiger partial charge in [0.2, 0.25) is 5.96 Å². The number of rotatable bonds is 2. The van der Waals surface area contributed by atoms with Gasteiger partial charge >= 0.3 is 0 Å². The average molecular weight is 237 g/mol. The number of hydrogen-bond donors (Lipinski definition) is 3. The summed E-state index contributed by atoms with van der Waals surface area (Å²) < 4.78 is 0. The topological polar surface area (TPSA) is 105 Å². The fourth-order valence-corrected chi connectivity index (χ4v) is 1.43. The molecule has 0 spiro atoms. The fourth-order valence-electron chi connectivity index (χ4n) is 1.24. The Labute approximate surface area is 96.0 Å². The molecule has 0 fully saturated rings. The first kappa shape index (κ1) is 10.4. The highest BCUT2D eigenvalue weighted by atomic mass is 35.5. The molecule has 1 aromatic carbocycles. The number of benzene rings is 1. The molecule has 0 saturated heterocycles. The molecule has 0 radical (unpaired) electrons. The van der Waals surface area contributed by atoms with E-state index in [9.17, 15) is 0 Å². The van der Waals surface area contributed by atoms with E-state index in [1.165, 1.54) is 6.21 Å². The molecule has 0 saturated carbocycles. The molecule has 16 heavy (non-hydrogen) atoms. The zero-order chi connectivity index (χ0) is 11.5. The largest absolute Gasteiger partial charge is 0.369 e. The third-order valence-corrected chi connectivity index (χ3v) is 2.20. The molecular formula is C9H9ClN6. The lowest BCUT2D eigenvalue weighted by molar-refractivity contribution is 1.12. The van der Waals surface area contributed by atoms with E-state index in [4.69, 9.17) is 23.1 Å². The number of aromatic nitrogens is 2. The van der Waals surface area contributed by atoms with Crippen molar-refractivity contribution in [3.05, 3.63) is 28.9 Å². The van der Waals surface area contributed by atoms with Crippen LogP contribution in [0.3, 0.4) is 0 Å². The summed E-state index contributed by atoms with van der Waals surface area (Å²) >= 11 is 5.90. The smallest absolute Gasteiger partial charge is 0.211 e. The third kappa shape index (κ3) is 2.12. The molecule has 0 amide bonds. The minimum absolute atomic E-state index is 0.0846. The highest BCUT2D eigenvalue weighted by Crippen LogP contribution is 2.20. The number of nitrogens with two attached hydrogens (primary N) is 2. The van der Waals surface area contributed by atoms with Gasteiger partial charge in [-0.25, -0.2) is 0 Å². The van der Waals surface area contributed by atoms with Gasteiger partial charge in [-0.3, -0.25) is 5.10 Å². The summed E-state index contributed by atoms with van der Waals surface area (Å²) in [5, 5.41) is 15.2. The monoisotopic (exact) mass is 236 g/mol. The van der Waals surface area contributed by atoms with Crippen LogP contribution in [0, 0.1) is 0 Å². The highest BCUT2D eigenvalue weighted by molar-refractivity contribution is 6.34. The normalized spacial score (nSPS) is 11.1. The number of hydrogen-bond acceptors (Lipinski definition) is 3. The van der Waals surface area contributed by atoms with Crippen molar-refractivity contribution in [2.45, 2.75) is 0 Å². The zero-order valence-electron chi connectivity index (χ0n) is 8.18. The van der Waals surface area contributed by atoms with E-state index in [0.29, 0.717) is 5.15 Å². The molecule has 5 N–H and O–H groups in total. The van der Waals surface area contributed by atoms with E-state index < -0.39 is 0 Å². The van der Waals surface area contributed by atoms with Crippen LogP contribution in [0.15, 0.2) is 28.4 Å². The predicted molar refractivity (Wildman–Crippen MR) is 64.5 cm³/mol. The van der Waals surface area contributed by atoms with Crippen molar-refractivity contribution in [1.82, 2.24) is 10.2 Å². The van der Waals surface area contributed by atoms with E-state index in [0.717, 1.165) is 16.5 Å². The van der Waals surface area contributed by atoms with Gasteiger partial charge in [0, 0.05) is 5.39 Å². The van der Waals surface area contributed by atoms with Gasteiger partial charge in [-0.2, -0.15) is 10.2 Å². The molecule has 0 unspecified atom stereocenters. The Morgan fingerprint density at radius 1 is 1.44 bits per heavy atom. The molecular weight excluding hydrogens is 228 g/mol. The standard InChI is InChI=1S/C9H9ClN6/c10-8-6-3-5(4-13-16-9(11)12)1-2-7(6)14-15-8/h1-4H,(H,14,15)(H4,11,12,16). The van der Waals surface area contributed by atoms with Gasteiger partial charge in [0.05, 0.1) is 11.7 Å². The van der Waals surface area contributed by atoms with Crippen molar-refractivity contribution in [2.75, 3.05) is 0 Å².